The van der Waals surface area contributed by atoms with Crippen LogP contribution >= 0.6 is 0 Å². The number of aryl methyl sites for hydroxylation is 1. The third-order valence-electron chi connectivity index (χ3n) is 3.21. The van der Waals surface area contributed by atoms with Gasteiger partial charge in [0.15, 0.2) is 0 Å². The zero-order valence-electron chi connectivity index (χ0n) is 10.8. The molecule has 0 fully saturated rings. The summed E-state index contributed by atoms with van der Waals surface area (Å²) in [5.41, 5.74) is 7.93. The molecule has 0 unspecified atom stereocenters. The van der Waals surface area contributed by atoms with Crippen LogP contribution in [-0.4, -0.2) is 9.78 Å². The predicted molar refractivity (Wildman–Crippen MR) is 76.3 cm³/mol. The zero-order valence-corrected chi connectivity index (χ0v) is 10.8. The lowest BCUT2D eigenvalue weighted by Crippen LogP contribution is -2.03. The monoisotopic (exact) mass is 243 g/mol. The molecule has 0 spiro atoms. The third-order valence-corrected chi connectivity index (χ3v) is 3.21. The minimum absolute atomic E-state index is 0.504. The fourth-order valence-corrected chi connectivity index (χ4v) is 2.24. The summed E-state index contributed by atoms with van der Waals surface area (Å²) in [5.74, 6) is 0. The molecular formula is C15H21N3. The number of aromatic nitrogens is 2. The Kier molecular flexibility index (Phi) is 4.53. The van der Waals surface area contributed by atoms with E-state index in [0.29, 0.717) is 6.54 Å². The van der Waals surface area contributed by atoms with Crippen LogP contribution in [0.25, 0.3) is 10.9 Å². The number of benzene rings is 1. The van der Waals surface area contributed by atoms with Crippen molar-refractivity contribution < 1.29 is 0 Å². The molecule has 2 aromatic rings. The third kappa shape index (κ3) is 2.79. The van der Waals surface area contributed by atoms with Crippen molar-refractivity contribution in [3.05, 3.63) is 42.6 Å². The second-order valence-electron chi connectivity index (χ2n) is 4.53. The van der Waals surface area contributed by atoms with Gasteiger partial charge in [0.25, 0.3) is 0 Å². The molecular weight excluding hydrogens is 222 g/mol. The molecule has 3 heteroatoms. The first-order valence-corrected chi connectivity index (χ1v) is 6.62. The SMILES string of the molecule is C=CCCCCCn1nc(CN)c2ccccc21. The Hall–Kier alpha value is -1.61. The van der Waals surface area contributed by atoms with Gasteiger partial charge in [-0.05, 0) is 25.3 Å². The Morgan fingerprint density at radius 1 is 1.22 bits per heavy atom. The van der Waals surface area contributed by atoms with Crippen molar-refractivity contribution in [2.24, 2.45) is 5.73 Å². The first-order chi connectivity index (χ1) is 8.86. The van der Waals surface area contributed by atoms with Crippen LogP contribution in [0.1, 0.15) is 31.4 Å². The summed E-state index contributed by atoms with van der Waals surface area (Å²) in [5, 5.41) is 5.78. The van der Waals surface area contributed by atoms with E-state index in [1.165, 1.54) is 23.7 Å². The van der Waals surface area contributed by atoms with Crippen molar-refractivity contribution in [1.29, 1.82) is 0 Å². The summed E-state index contributed by atoms with van der Waals surface area (Å²) in [4.78, 5) is 0. The number of para-hydroxylation sites is 1. The summed E-state index contributed by atoms with van der Waals surface area (Å²) in [6.07, 6.45) is 6.68. The number of hydrogen-bond acceptors (Lipinski definition) is 2. The van der Waals surface area contributed by atoms with Crippen LogP contribution in [0.5, 0.6) is 0 Å². The van der Waals surface area contributed by atoms with Crippen molar-refractivity contribution in [3.63, 3.8) is 0 Å². The predicted octanol–water partition coefficient (Wildman–Crippen LogP) is 3.24. The lowest BCUT2D eigenvalue weighted by Gasteiger charge is -2.02. The van der Waals surface area contributed by atoms with Gasteiger partial charge in [0.2, 0.25) is 0 Å². The highest BCUT2D eigenvalue weighted by atomic mass is 15.3. The summed E-state index contributed by atoms with van der Waals surface area (Å²) in [7, 11) is 0. The van der Waals surface area contributed by atoms with E-state index >= 15 is 0 Å². The molecule has 0 aliphatic heterocycles. The second kappa shape index (κ2) is 6.36. The average molecular weight is 243 g/mol. The maximum absolute atomic E-state index is 5.74. The molecule has 0 radical (unpaired) electrons. The van der Waals surface area contributed by atoms with Crippen molar-refractivity contribution in [3.8, 4) is 0 Å². The highest BCUT2D eigenvalue weighted by molar-refractivity contribution is 5.81. The molecule has 2 rings (SSSR count). The Morgan fingerprint density at radius 2 is 2.06 bits per heavy atom. The van der Waals surface area contributed by atoms with Gasteiger partial charge in [-0.1, -0.05) is 30.7 Å². The molecule has 18 heavy (non-hydrogen) atoms. The van der Waals surface area contributed by atoms with E-state index in [2.05, 4.69) is 34.6 Å². The van der Waals surface area contributed by atoms with Crippen LogP contribution in [0.3, 0.4) is 0 Å². The Bertz CT molecular complexity index is 513. The molecule has 0 saturated heterocycles. The van der Waals surface area contributed by atoms with Crippen molar-refractivity contribution in [1.82, 2.24) is 9.78 Å². The molecule has 96 valence electrons. The minimum atomic E-state index is 0.504. The Balaban J connectivity index is 2.06. The molecule has 0 saturated carbocycles. The molecule has 1 aromatic carbocycles. The summed E-state index contributed by atoms with van der Waals surface area (Å²) < 4.78 is 2.09. The topological polar surface area (TPSA) is 43.8 Å². The lowest BCUT2D eigenvalue weighted by atomic mass is 10.2. The highest BCUT2D eigenvalue weighted by Gasteiger charge is 2.07. The number of rotatable bonds is 7. The van der Waals surface area contributed by atoms with Gasteiger partial charge in [0, 0.05) is 18.5 Å². The van der Waals surface area contributed by atoms with E-state index in [1.807, 2.05) is 12.1 Å². The molecule has 1 aromatic heterocycles. The number of fused-ring (bicyclic) bond motifs is 1. The number of allylic oxidation sites excluding steroid dienone is 1. The largest absolute Gasteiger partial charge is 0.325 e. The molecule has 0 aliphatic rings. The Morgan fingerprint density at radius 3 is 2.83 bits per heavy atom. The Labute approximate surface area is 108 Å². The molecule has 1 heterocycles. The number of nitrogens with zero attached hydrogens (tertiary/aromatic N) is 2. The first kappa shape index (κ1) is 12.8. The van der Waals surface area contributed by atoms with Crippen LogP contribution in [-0.2, 0) is 13.1 Å². The summed E-state index contributed by atoms with van der Waals surface area (Å²) >= 11 is 0. The maximum Gasteiger partial charge on any atom is 0.0838 e. The van der Waals surface area contributed by atoms with E-state index < -0.39 is 0 Å². The van der Waals surface area contributed by atoms with Crippen LogP contribution < -0.4 is 5.73 Å². The van der Waals surface area contributed by atoms with Crippen LogP contribution in [0.15, 0.2) is 36.9 Å². The van der Waals surface area contributed by atoms with Gasteiger partial charge in [0.1, 0.15) is 0 Å². The quantitative estimate of drug-likeness (QED) is 0.599. The van der Waals surface area contributed by atoms with Crippen molar-refractivity contribution >= 4 is 10.9 Å². The average Bonchev–Trinajstić information content (AvgIpc) is 2.77. The molecule has 0 amide bonds. The molecule has 0 aliphatic carbocycles. The first-order valence-electron chi connectivity index (χ1n) is 6.62. The number of nitrogens with two attached hydrogens (primary N) is 1. The van der Waals surface area contributed by atoms with Crippen LogP contribution in [0.4, 0.5) is 0 Å². The second-order valence-corrected chi connectivity index (χ2v) is 4.53. The maximum atomic E-state index is 5.74. The lowest BCUT2D eigenvalue weighted by molar-refractivity contribution is 0.554. The van der Waals surface area contributed by atoms with Crippen LogP contribution in [0.2, 0.25) is 0 Å². The van der Waals surface area contributed by atoms with Gasteiger partial charge < -0.3 is 5.73 Å². The fourth-order valence-electron chi connectivity index (χ4n) is 2.24. The van der Waals surface area contributed by atoms with E-state index in [9.17, 15) is 0 Å². The van der Waals surface area contributed by atoms with Gasteiger partial charge in [0.05, 0.1) is 11.2 Å². The van der Waals surface area contributed by atoms with Gasteiger partial charge in [-0.25, -0.2) is 0 Å². The normalized spacial score (nSPS) is 10.9. The molecule has 0 bridgehead atoms. The van der Waals surface area contributed by atoms with E-state index in [0.717, 1.165) is 25.1 Å². The van der Waals surface area contributed by atoms with Crippen molar-refractivity contribution in [2.45, 2.75) is 38.8 Å². The zero-order chi connectivity index (χ0) is 12.8. The standard InChI is InChI=1S/C15H21N3/c1-2-3-4-5-8-11-18-15-10-7-6-9-13(15)14(12-16)17-18/h2,6-7,9-10H,1,3-5,8,11-12,16H2. The van der Waals surface area contributed by atoms with Gasteiger partial charge in [-0.15, -0.1) is 6.58 Å². The molecule has 0 atom stereocenters. The molecule has 2 N–H and O–H groups in total. The van der Waals surface area contributed by atoms with Gasteiger partial charge >= 0.3 is 0 Å². The highest BCUT2D eigenvalue weighted by Crippen LogP contribution is 2.18. The van der Waals surface area contributed by atoms with Crippen molar-refractivity contribution in [2.75, 3.05) is 0 Å². The number of hydrogen-bond donors (Lipinski definition) is 1. The van der Waals surface area contributed by atoms with Crippen LogP contribution in [0, 0.1) is 0 Å². The van der Waals surface area contributed by atoms with E-state index in [-0.39, 0.29) is 0 Å². The summed E-state index contributed by atoms with van der Waals surface area (Å²) in [6, 6.07) is 8.31. The fraction of sp³-hybridized carbons (Fsp3) is 0.400. The smallest absolute Gasteiger partial charge is 0.0838 e. The van der Waals surface area contributed by atoms with Gasteiger partial charge in [-0.2, -0.15) is 5.10 Å². The minimum Gasteiger partial charge on any atom is -0.325 e. The number of unbranched alkanes of at least 4 members (excludes halogenated alkanes) is 3. The van der Waals surface area contributed by atoms with E-state index in [4.69, 9.17) is 5.73 Å². The molecule has 3 nitrogen and oxygen atoms in total. The van der Waals surface area contributed by atoms with E-state index in [1.54, 1.807) is 0 Å². The summed E-state index contributed by atoms with van der Waals surface area (Å²) in [6.45, 7) is 5.21. The van der Waals surface area contributed by atoms with Gasteiger partial charge in [-0.3, -0.25) is 4.68 Å².